The Labute approximate surface area is 181 Å². The number of ether oxygens (including phenoxy) is 1. The van der Waals surface area contributed by atoms with Crippen molar-refractivity contribution < 1.29 is 27.8 Å². The quantitative estimate of drug-likeness (QED) is 0.658. The van der Waals surface area contributed by atoms with Crippen molar-refractivity contribution in [2.24, 2.45) is 5.92 Å². The Kier molecular flexibility index (Phi) is 7.21. The van der Waals surface area contributed by atoms with Gasteiger partial charge in [0.1, 0.15) is 23.5 Å². The summed E-state index contributed by atoms with van der Waals surface area (Å²) < 4.78 is 47.8. The maximum atomic E-state index is 14.0. The number of nitrogens with zero attached hydrogens (tertiary/aromatic N) is 1. The van der Waals surface area contributed by atoms with E-state index in [-0.39, 0.29) is 35.7 Å². The van der Waals surface area contributed by atoms with E-state index < -0.39 is 29.9 Å². The molecule has 0 radical (unpaired) electrons. The van der Waals surface area contributed by atoms with Crippen molar-refractivity contribution in [1.29, 1.82) is 0 Å². The number of hydrogen-bond donors (Lipinski definition) is 2. The first-order valence-electron chi connectivity index (χ1n) is 11.0. The minimum atomic E-state index is -4.53. The van der Waals surface area contributed by atoms with Gasteiger partial charge in [-0.05, 0) is 70.2 Å². The van der Waals surface area contributed by atoms with Crippen LogP contribution in [0.5, 0.6) is 5.75 Å². The van der Waals surface area contributed by atoms with Gasteiger partial charge in [-0.3, -0.25) is 4.79 Å². The monoisotopic (exact) mass is 442 g/mol. The highest BCUT2D eigenvalue weighted by Gasteiger charge is 2.40. The van der Waals surface area contributed by atoms with Gasteiger partial charge >= 0.3 is 12.1 Å². The number of aliphatic carboxylic acids is 1. The molecule has 174 valence electrons. The van der Waals surface area contributed by atoms with Crippen LogP contribution in [0.15, 0.2) is 18.2 Å². The Bertz CT molecular complexity index is 774. The van der Waals surface area contributed by atoms with E-state index in [0.717, 1.165) is 32.1 Å². The standard InChI is InChI=1S/C23H33F3N2O3/c1-4-22(28(2)3)10-8-15(9-11-22)12-16-6-5-7-19(20(16)23(24,25)26)31-17-13-18(21(29)30)27-14-17/h5-7,15,17-18,27H,4,8-14H2,1-3H3,(H,29,30)/t15?,17-,18-,22?/m1/s1. The van der Waals surface area contributed by atoms with Gasteiger partial charge in [0.2, 0.25) is 0 Å². The maximum Gasteiger partial charge on any atom is 0.420 e. The van der Waals surface area contributed by atoms with Crippen molar-refractivity contribution in [3.63, 3.8) is 0 Å². The van der Waals surface area contributed by atoms with Crippen molar-refractivity contribution in [3.8, 4) is 5.75 Å². The summed E-state index contributed by atoms with van der Waals surface area (Å²) in [5.41, 5.74) is -0.303. The number of nitrogens with one attached hydrogen (secondary N) is 1. The smallest absolute Gasteiger partial charge is 0.420 e. The SMILES string of the molecule is CCC1(N(C)C)CCC(Cc2cccc(O[C@H]3CN[C@@H](C(=O)O)C3)c2C(F)(F)F)CC1. The molecule has 0 bridgehead atoms. The first-order valence-corrected chi connectivity index (χ1v) is 11.0. The van der Waals surface area contributed by atoms with Crippen LogP contribution in [-0.4, -0.2) is 54.3 Å². The van der Waals surface area contributed by atoms with Crippen molar-refractivity contribution in [2.45, 2.75) is 75.7 Å². The van der Waals surface area contributed by atoms with Crippen molar-refractivity contribution in [1.82, 2.24) is 10.2 Å². The summed E-state index contributed by atoms with van der Waals surface area (Å²) in [4.78, 5) is 13.4. The van der Waals surface area contributed by atoms with Crippen LogP contribution >= 0.6 is 0 Å². The van der Waals surface area contributed by atoms with E-state index in [0.29, 0.717) is 6.42 Å². The van der Waals surface area contributed by atoms with Crippen molar-refractivity contribution in [2.75, 3.05) is 20.6 Å². The Balaban J connectivity index is 1.76. The van der Waals surface area contributed by atoms with Gasteiger partial charge < -0.3 is 20.1 Å². The molecule has 2 fully saturated rings. The average molecular weight is 443 g/mol. The topological polar surface area (TPSA) is 61.8 Å². The predicted molar refractivity (Wildman–Crippen MR) is 112 cm³/mol. The summed E-state index contributed by atoms with van der Waals surface area (Å²) in [6, 6.07) is 3.71. The van der Waals surface area contributed by atoms with E-state index in [4.69, 9.17) is 9.84 Å². The van der Waals surface area contributed by atoms with Crippen molar-refractivity contribution >= 4 is 5.97 Å². The summed E-state index contributed by atoms with van der Waals surface area (Å²) in [5, 5.41) is 11.9. The van der Waals surface area contributed by atoms with Gasteiger partial charge in [0.25, 0.3) is 0 Å². The van der Waals surface area contributed by atoms with Crippen LogP contribution in [-0.2, 0) is 17.4 Å². The van der Waals surface area contributed by atoms with Crippen molar-refractivity contribution in [3.05, 3.63) is 29.3 Å². The molecule has 1 saturated heterocycles. The van der Waals surface area contributed by atoms with Gasteiger partial charge in [-0.2, -0.15) is 13.2 Å². The minimum Gasteiger partial charge on any atom is -0.488 e. The fourth-order valence-electron chi connectivity index (χ4n) is 5.17. The lowest BCUT2D eigenvalue weighted by molar-refractivity contribution is -0.141. The third-order valence-corrected chi connectivity index (χ3v) is 7.23. The van der Waals surface area contributed by atoms with Gasteiger partial charge in [0.15, 0.2) is 0 Å². The summed E-state index contributed by atoms with van der Waals surface area (Å²) in [6.07, 6.45) is 0.210. The van der Waals surface area contributed by atoms with Gasteiger partial charge in [-0.1, -0.05) is 19.1 Å². The summed E-state index contributed by atoms with van der Waals surface area (Å²) >= 11 is 0. The van der Waals surface area contributed by atoms with Gasteiger partial charge in [0, 0.05) is 18.5 Å². The Morgan fingerprint density at radius 1 is 1.29 bits per heavy atom. The lowest BCUT2D eigenvalue weighted by Crippen LogP contribution is -2.46. The molecule has 1 aromatic carbocycles. The molecule has 1 heterocycles. The van der Waals surface area contributed by atoms with Gasteiger partial charge in [0.05, 0.1) is 0 Å². The zero-order valence-corrected chi connectivity index (χ0v) is 18.5. The first kappa shape index (κ1) is 23.9. The summed E-state index contributed by atoms with van der Waals surface area (Å²) in [7, 11) is 4.17. The lowest BCUT2D eigenvalue weighted by Gasteiger charge is -2.45. The zero-order chi connectivity index (χ0) is 22.8. The Hall–Kier alpha value is -1.80. The van der Waals surface area contributed by atoms with Gasteiger partial charge in [-0.15, -0.1) is 0 Å². The predicted octanol–water partition coefficient (Wildman–Crippen LogP) is 4.34. The maximum absolute atomic E-state index is 14.0. The fraction of sp³-hybridized carbons (Fsp3) is 0.696. The molecule has 1 aromatic rings. The zero-order valence-electron chi connectivity index (χ0n) is 18.5. The molecule has 31 heavy (non-hydrogen) atoms. The number of halogens is 3. The highest BCUT2D eigenvalue weighted by molar-refractivity contribution is 5.73. The second-order valence-electron chi connectivity index (χ2n) is 9.18. The van der Waals surface area contributed by atoms with Crippen LogP contribution in [0.1, 0.15) is 56.6 Å². The second-order valence-corrected chi connectivity index (χ2v) is 9.18. The molecule has 2 atom stereocenters. The van der Waals surface area contributed by atoms with E-state index in [1.54, 1.807) is 12.1 Å². The third-order valence-electron chi connectivity index (χ3n) is 7.23. The highest BCUT2D eigenvalue weighted by atomic mass is 19.4. The third kappa shape index (κ3) is 5.34. The molecule has 2 aliphatic rings. The number of carbonyl (C=O) groups is 1. The number of carboxylic acid groups (broad SMARTS) is 1. The highest BCUT2D eigenvalue weighted by Crippen LogP contribution is 2.43. The molecule has 1 aliphatic heterocycles. The number of hydrogen-bond acceptors (Lipinski definition) is 4. The second kappa shape index (κ2) is 9.36. The van der Waals surface area contributed by atoms with Gasteiger partial charge in [-0.25, -0.2) is 0 Å². The normalized spacial score (nSPS) is 29.3. The summed E-state index contributed by atoms with van der Waals surface area (Å²) in [5.74, 6) is -1.01. The molecule has 8 heteroatoms. The van der Waals surface area contributed by atoms with E-state index >= 15 is 0 Å². The Morgan fingerprint density at radius 3 is 2.48 bits per heavy atom. The molecule has 0 spiro atoms. The molecule has 0 aromatic heterocycles. The lowest BCUT2D eigenvalue weighted by atomic mass is 9.72. The molecule has 0 unspecified atom stereocenters. The van der Waals surface area contributed by atoms with E-state index in [2.05, 4.69) is 31.2 Å². The van der Waals surface area contributed by atoms with E-state index in [9.17, 15) is 18.0 Å². The molecular weight excluding hydrogens is 409 g/mol. The van der Waals surface area contributed by atoms with Crippen LogP contribution < -0.4 is 10.1 Å². The van der Waals surface area contributed by atoms with E-state index in [1.165, 1.54) is 6.07 Å². The number of carboxylic acids is 1. The largest absolute Gasteiger partial charge is 0.488 e. The number of rotatable bonds is 7. The van der Waals surface area contributed by atoms with Crippen LogP contribution in [0.2, 0.25) is 0 Å². The van der Waals surface area contributed by atoms with Crippen LogP contribution in [0, 0.1) is 5.92 Å². The van der Waals surface area contributed by atoms with E-state index in [1.807, 2.05) is 0 Å². The molecule has 2 N–H and O–H groups in total. The summed E-state index contributed by atoms with van der Waals surface area (Å²) in [6.45, 7) is 2.39. The van der Waals surface area contributed by atoms with Crippen LogP contribution in [0.4, 0.5) is 13.2 Å². The average Bonchev–Trinajstić information content (AvgIpc) is 3.16. The molecular formula is C23H33F3N2O3. The molecule has 1 saturated carbocycles. The van der Waals surface area contributed by atoms with Crippen LogP contribution in [0.3, 0.4) is 0 Å². The molecule has 1 aliphatic carbocycles. The molecule has 5 nitrogen and oxygen atoms in total. The number of alkyl halides is 3. The fourth-order valence-corrected chi connectivity index (χ4v) is 5.17. The minimum absolute atomic E-state index is 0.142. The first-order chi connectivity index (χ1) is 14.6. The number of benzene rings is 1. The van der Waals surface area contributed by atoms with Crippen LogP contribution in [0.25, 0.3) is 0 Å². The Morgan fingerprint density at radius 2 is 1.97 bits per heavy atom. The molecule has 3 rings (SSSR count). The molecule has 0 amide bonds.